The summed E-state index contributed by atoms with van der Waals surface area (Å²) in [4.78, 5) is 14.3. The minimum Gasteiger partial charge on any atom is -0.493 e. The van der Waals surface area contributed by atoms with Crippen LogP contribution in [0.1, 0.15) is 24.2 Å². The van der Waals surface area contributed by atoms with Crippen LogP contribution in [0.5, 0.6) is 5.75 Å². The van der Waals surface area contributed by atoms with Crippen LogP contribution in [0.25, 0.3) is 0 Å². The number of ether oxygens (including phenoxy) is 1. The number of nitrogens with zero attached hydrogens (tertiary/aromatic N) is 1. The second kappa shape index (κ2) is 5.87. The molecule has 4 heteroatoms. The van der Waals surface area contributed by atoms with Gasteiger partial charge in [-0.3, -0.25) is 4.79 Å². The number of hydrogen-bond donors (Lipinski definition) is 1. The van der Waals surface area contributed by atoms with Gasteiger partial charge in [-0.2, -0.15) is 0 Å². The van der Waals surface area contributed by atoms with Crippen molar-refractivity contribution in [2.45, 2.75) is 19.9 Å². The van der Waals surface area contributed by atoms with Crippen LogP contribution in [0.4, 0.5) is 0 Å². The van der Waals surface area contributed by atoms with Crippen molar-refractivity contribution in [3.63, 3.8) is 0 Å². The standard InChI is InChI=1S/C14H20N2O2/c1-3-18-13-7-5-4-6-12(13)14(17)16-9-8-15-11(2)10-16/h4-7,11,15H,3,8-10H2,1-2H3. The van der Waals surface area contributed by atoms with E-state index in [1.165, 1.54) is 0 Å². The molecule has 1 aromatic rings. The minimum absolute atomic E-state index is 0.0624. The van der Waals surface area contributed by atoms with Crippen molar-refractivity contribution in [2.75, 3.05) is 26.2 Å². The quantitative estimate of drug-likeness (QED) is 0.881. The van der Waals surface area contributed by atoms with Crippen molar-refractivity contribution in [2.24, 2.45) is 0 Å². The average Bonchev–Trinajstić information content (AvgIpc) is 2.39. The maximum absolute atomic E-state index is 12.5. The molecule has 1 amide bonds. The zero-order chi connectivity index (χ0) is 13.0. The van der Waals surface area contributed by atoms with Crippen LogP contribution in [0.2, 0.25) is 0 Å². The molecule has 1 saturated heterocycles. The number of benzene rings is 1. The van der Waals surface area contributed by atoms with Gasteiger partial charge in [-0.25, -0.2) is 0 Å². The van der Waals surface area contributed by atoms with E-state index >= 15 is 0 Å². The number of piperazine rings is 1. The largest absolute Gasteiger partial charge is 0.493 e. The molecule has 1 fully saturated rings. The summed E-state index contributed by atoms with van der Waals surface area (Å²) in [7, 11) is 0. The summed E-state index contributed by atoms with van der Waals surface area (Å²) in [6, 6.07) is 7.80. The van der Waals surface area contributed by atoms with Gasteiger partial charge in [0.25, 0.3) is 5.91 Å². The van der Waals surface area contributed by atoms with E-state index in [1.807, 2.05) is 36.1 Å². The van der Waals surface area contributed by atoms with Gasteiger partial charge >= 0.3 is 0 Å². The lowest BCUT2D eigenvalue weighted by molar-refractivity contribution is 0.0705. The van der Waals surface area contributed by atoms with Crippen LogP contribution in [-0.2, 0) is 0 Å². The van der Waals surface area contributed by atoms with Crippen molar-refractivity contribution in [1.29, 1.82) is 0 Å². The summed E-state index contributed by atoms with van der Waals surface area (Å²) in [6.07, 6.45) is 0. The first-order chi connectivity index (χ1) is 8.72. The second-order valence-electron chi connectivity index (χ2n) is 4.54. The molecular weight excluding hydrogens is 228 g/mol. The van der Waals surface area contributed by atoms with E-state index < -0.39 is 0 Å². The lowest BCUT2D eigenvalue weighted by Crippen LogP contribution is -2.51. The predicted octanol–water partition coefficient (Wildman–Crippen LogP) is 1.52. The van der Waals surface area contributed by atoms with E-state index in [1.54, 1.807) is 0 Å². The molecule has 0 saturated carbocycles. The van der Waals surface area contributed by atoms with Gasteiger partial charge in [-0.05, 0) is 26.0 Å². The van der Waals surface area contributed by atoms with Crippen LogP contribution in [0.15, 0.2) is 24.3 Å². The number of amides is 1. The number of para-hydroxylation sites is 1. The van der Waals surface area contributed by atoms with Crippen LogP contribution in [0, 0.1) is 0 Å². The number of nitrogens with one attached hydrogen (secondary N) is 1. The fourth-order valence-corrected chi connectivity index (χ4v) is 2.21. The molecule has 0 bridgehead atoms. The third-order valence-corrected chi connectivity index (χ3v) is 3.07. The Morgan fingerprint density at radius 2 is 2.28 bits per heavy atom. The number of rotatable bonds is 3. The molecule has 0 aliphatic carbocycles. The van der Waals surface area contributed by atoms with Gasteiger partial charge in [0, 0.05) is 25.7 Å². The molecule has 1 aliphatic rings. The molecule has 0 spiro atoms. The first-order valence-electron chi connectivity index (χ1n) is 6.47. The summed E-state index contributed by atoms with van der Waals surface area (Å²) in [5.41, 5.74) is 0.661. The Kier molecular flexibility index (Phi) is 4.20. The van der Waals surface area contributed by atoms with Gasteiger partial charge in [0.1, 0.15) is 5.75 Å². The normalized spacial score (nSPS) is 19.7. The van der Waals surface area contributed by atoms with Gasteiger partial charge in [-0.15, -0.1) is 0 Å². The summed E-state index contributed by atoms with van der Waals surface area (Å²) < 4.78 is 5.51. The maximum atomic E-state index is 12.5. The molecule has 1 aliphatic heterocycles. The zero-order valence-electron chi connectivity index (χ0n) is 11.0. The van der Waals surface area contributed by atoms with E-state index in [9.17, 15) is 4.79 Å². The Bertz CT molecular complexity index is 420. The SMILES string of the molecule is CCOc1ccccc1C(=O)N1CCNC(C)C1. The Labute approximate surface area is 108 Å². The molecule has 0 aromatic heterocycles. The van der Waals surface area contributed by atoms with Gasteiger partial charge < -0.3 is 15.0 Å². The minimum atomic E-state index is 0.0624. The van der Waals surface area contributed by atoms with Gasteiger partial charge in [0.15, 0.2) is 0 Å². The monoisotopic (exact) mass is 248 g/mol. The van der Waals surface area contributed by atoms with Gasteiger partial charge in [0.2, 0.25) is 0 Å². The molecular formula is C14H20N2O2. The Hall–Kier alpha value is -1.55. The van der Waals surface area contributed by atoms with Crippen LogP contribution < -0.4 is 10.1 Å². The first-order valence-corrected chi connectivity index (χ1v) is 6.47. The van der Waals surface area contributed by atoms with E-state index in [0.717, 1.165) is 19.6 Å². The molecule has 98 valence electrons. The zero-order valence-corrected chi connectivity index (χ0v) is 11.0. The van der Waals surface area contributed by atoms with Crippen molar-refractivity contribution in [3.8, 4) is 5.75 Å². The summed E-state index contributed by atoms with van der Waals surface area (Å²) >= 11 is 0. The first kappa shape index (κ1) is 12.9. The van der Waals surface area contributed by atoms with Gasteiger partial charge in [0.05, 0.1) is 12.2 Å². The molecule has 0 radical (unpaired) electrons. The molecule has 1 heterocycles. The molecule has 1 unspecified atom stereocenters. The Morgan fingerprint density at radius 1 is 1.50 bits per heavy atom. The van der Waals surface area contributed by atoms with E-state index in [4.69, 9.17) is 4.74 Å². The predicted molar refractivity (Wildman–Crippen MR) is 71.0 cm³/mol. The molecule has 4 nitrogen and oxygen atoms in total. The van der Waals surface area contributed by atoms with E-state index in [-0.39, 0.29) is 5.91 Å². The van der Waals surface area contributed by atoms with Crippen molar-refractivity contribution in [1.82, 2.24) is 10.2 Å². The Balaban J connectivity index is 2.17. The second-order valence-corrected chi connectivity index (χ2v) is 4.54. The number of hydrogen-bond acceptors (Lipinski definition) is 3. The molecule has 1 N–H and O–H groups in total. The van der Waals surface area contributed by atoms with Crippen LogP contribution in [-0.4, -0.2) is 43.1 Å². The van der Waals surface area contributed by atoms with Crippen molar-refractivity contribution >= 4 is 5.91 Å². The summed E-state index contributed by atoms with van der Waals surface area (Å²) in [5.74, 6) is 0.739. The number of carbonyl (C=O) groups excluding carboxylic acids is 1. The maximum Gasteiger partial charge on any atom is 0.257 e. The summed E-state index contributed by atoms with van der Waals surface area (Å²) in [5, 5.41) is 3.33. The van der Waals surface area contributed by atoms with Crippen molar-refractivity contribution < 1.29 is 9.53 Å². The lowest BCUT2D eigenvalue weighted by Gasteiger charge is -2.32. The summed E-state index contributed by atoms with van der Waals surface area (Å²) in [6.45, 7) is 6.94. The molecule has 2 rings (SSSR count). The highest BCUT2D eigenvalue weighted by molar-refractivity contribution is 5.97. The van der Waals surface area contributed by atoms with Crippen LogP contribution >= 0.6 is 0 Å². The fraction of sp³-hybridized carbons (Fsp3) is 0.500. The van der Waals surface area contributed by atoms with E-state index in [0.29, 0.717) is 24.0 Å². The highest BCUT2D eigenvalue weighted by Gasteiger charge is 2.23. The molecule has 18 heavy (non-hydrogen) atoms. The highest BCUT2D eigenvalue weighted by Crippen LogP contribution is 2.20. The average molecular weight is 248 g/mol. The third-order valence-electron chi connectivity index (χ3n) is 3.07. The molecule has 1 atom stereocenters. The van der Waals surface area contributed by atoms with Gasteiger partial charge in [-0.1, -0.05) is 12.1 Å². The van der Waals surface area contributed by atoms with Crippen molar-refractivity contribution in [3.05, 3.63) is 29.8 Å². The molecule has 1 aromatic carbocycles. The lowest BCUT2D eigenvalue weighted by atomic mass is 10.1. The third kappa shape index (κ3) is 2.82. The van der Waals surface area contributed by atoms with Crippen LogP contribution in [0.3, 0.4) is 0 Å². The topological polar surface area (TPSA) is 41.6 Å². The Morgan fingerprint density at radius 3 is 3.00 bits per heavy atom. The fourth-order valence-electron chi connectivity index (χ4n) is 2.21. The highest BCUT2D eigenvalue weighted by atomic mass is 16.5. The van der Waals surface area contributed by atoms with E-state index in [2.05, 4.69) is 12.2 Å². The number of carbonyl (C=O) groups is 1. The smallest absolute Gasteiger partial charge is 0.257 e.